The van der Waals surface area contributed by atoms with Crippen molar-refractivity contribution >= 4 is 18.3 Å². The molecule has 0 radical (unpaired) electrons. The molecule has 0 saturated carbocycles. The third-order valence-corrected chi connectivity index (χ3v) is 4.52. The summed E-state index contributed by atoms with van der Waals surface area (Å²) in [6.45, 7) is 7.05. The van der Waals surface area contributed by atoms with Crippen LogP contribution in [0.25, 0.3) is 0 Å². The van der Waals surface area contributed by atoms with Crippen LogP contribution < -0.4 is 5.32 Å². The van der Waals surface area contributed by atoms with Gasteiger partial charge < -0.3 is 10.2 Å². The van der Waals surface area contributed by atoms with Crippen LogP contribution in [0.3, 0.4) is 0 Å². The van der Waals surface area contributed by atoms with Gasteiger partial charge in [-0.05, 0) is 53.1 Å². The molecule has 5 heteroatoms. The van der Waals surface area contributed by atoms with E-state index < -0.39 is 0 Å². The van der Waals surface area contributed by atoms with Crippen molar-refractivity contribution in [3.63, 3.8) is 0 Å². The van der Waals surface area contributed by atoms with E-state index in [1.807, 2.05) is 0 Å². The van der Waals surface area contributed by atoms with Crippen molar-refractivity contribution < 1.29 is 4.79 Å². The number of piperidine rings is 1. The molecular formula is C14H28ClN3O. The Hall–Kier alpha value is -0.320. The second-order valence-electron chi connectivity index (χ2n) is 5.99. The highest BCUT2D eigenvalue weighted by molar-refractivity contribution is 5.85. The average Bonchev–Trinajstić information content (AvgIpc) is 2.81. The molecule has 1 N–H and O–H groups in total. The number of nitrogens with one attached hydrogen (secondary N) is 1. The first-order chi connectivity index (χ1) is 8.59. The summed E-state index contributed by atoms with van der Waals surface area (Å²) in [5.74, 6) is 0.309. The Labute approximate surface area is 123 Å². The summed E-state index contributed by atoms with van der Waals surface area (Å²) in [6.07, 6.45) is 4.74. The lowest BCUT2D eigenvalue weighted by molar-refractivity contribution is -0.138. The minimum Gasteiger partial charge on any atom is -0.336 e. The van der Waals surface area contributed by atoms with Crippen LogP contribution in [-0.2, 0) is 4.79 Å². The van der Waals surface area contributed by atoms with Gasteiger partial charge in [-0.1, -0.05) is 0 Å². The van der Waals surface area contributed by atoms with Gasteiger partial charge in [0, 0.05) is 24.7 Å². The monoisotopic (exact) mass is 289 g/mol. The van der Waals surface area contributed by atoms with E-state index in [1.54, 1.807) is 0 Å². The summed E-state index contributed by atoms with van der Waals surface area (Å²) >= 11 is 0. The molecule has 2 heterocycles. The number of carbonyl (C=O) groups is 1. The van der Waals surface area contributed by atoms with Gasteiger partial charge in [-0.15, -0.1) is 12.4 Å². The molecule has 3 atom stereocenters. The zero-order valence-corrected chi connectivity index (χ0v) is 13.2. The first-order valence-electron chi connectivity index (χ1n) is 7.31. The Morgan fingerprint density at radius 3 is 2.42 bits per heavy atom. The predicted octanol–water partition coefficient (Wildman–Crippen LogP) is 1.49. The molecular weight excluding hydrogens is 262 g/mol. The Morgan fingerprint density at radius 1 is 1.26 bits per heavy atom. The van der Waals surface area contributed by atoms with Crippen LogP contribution in [0.4, 0.5) is 0 Å². The molecule has 0 aliphatic carbocycles. The average molecular weight is 290 g/mol. The molecule has 0 bridgehead atoms. The van der Waals surface area contributed by atoms with Gasteiger partial charge in [0.05, 0.1) is 6.54 Å². The normalized spacial score (nSPS) is 31.4. The second kappa shape index (κ2) is 7.46. The molecule has 3 unspecified atom stereocenters. The summed E-state index contributed by atoms with van der Waals surface area (Å²) in [4.78, 5) is 16.8. The maximum Gasteiger partial charge on any atom is 0.237 e. The van der Waals surface area contributed by atoms with Gasteiger partial charge in [0.2, 0.25) is 5.91 Å². The SMILES string of the molecule is CC1CCCC(C)N1C(=O)CN(C)C1CCNC1.Cl. The molecule has 2 saturated heterocycles. The molecule has 4 nitrogen and oxygen atoms in total. The van der Waals surface area contributed by atoms with E-state index in [1.165, 1.54) is 6.42 Å². The van der Waals surface area contributed by atoms with Crippen LogP contribution in [0.15, 0.2) is 0 Å². The number of nitrogens with zero attached hydrogens (tertiary/aromatic N) is 2. The van der Waals surface area contributed by atoms with Crippen LogP contribution >= 0.6 is 12.4 Å². The van der Waals surface area contributed by atoms with Crippen molar-refractivity contribution in [3.8, 4) is 0 Å². The fraction of sp³-hybridized carbons (Fsp3) is 0.929. The highest BCUT2D eigenvalue weighted by Crippen LogP contribution is 2.22. The number of halogens is 1. The first kappa shape index (κ1) is 16.7. The van der Waals surface area contributed by atoms with E-state index in [0.29, 0.717) is 30.6 Å². The summed E-state index contributed by atoms with van der Waals surface area (Å²) < 4.78 is 0. The Morgan fingerprint density at radius 2 is 1.89 bits per heavy atom. The van der Waals surface area contributed by atoms with E-state index in [-0.39, 0.29) is 12.4 Å². The predicted molar refractivity (Wildman–Crippen MR) is 80.8 cm³/mol. The lowest BCUT2D eigenvalue weighted by Gasteiger charge is -2.40. The van der Waals surface area contributed by atoms with Gasteiger partial charge in [-0.25, -0.2) is 0 Å². The number of hydrogen-bond donors (Lipinski definition) is 1. The van der Waals surface area contributed by atoms with E-state index in [2.05, 4.69) is 36.0 Å². The fourth-order valence-corrected chi connectivity index (χ4v) is 3.35. The molecule has 19 heavy (non-hydrogen) atoms. The van der Waals surface area contributed by atoms with Gasteiger partial charge >= 0.3 is 0 Å². The summed E-state index contributed by atoms with van der Waals surface area (Å²) in [5.41, 5.74) is 0. The molecule has 2 fully saturated rings. The van der Waals surface area contributed by atoms with Gasteiger partial charge in [0.15, 0.2) is 0 Å². The van der Waals surface area contributed by atoms with Crippen LogP contribution in [0.2, 0.25) is 0 Å². The summed E-state index contributed by atoms with van der Waals surface area (Å²) in [7, 11) is 2.08. The summed E-state index contributed by atoms with van der Waals surface area (Å²) in [6, 6.07) is 1.36. The number of hydrogen-bond acceptors (Lipinski definition) is 3. The number of carbonyl (C=O) groups excluding carboxylic acids is 1. The maximum absolute atomic E-state index is 12.4. The van der Waals surface area contributed by atoms with E-state index in [0.717, 1.165) is 32.4 Å². The smallest absolute Gasteiger partial charge is 0.237 e. The third kappa shape index (κ3) is 4.07. The van der Waals surface area contributed by atoms with Gasteiger partial charge in [0.25, 0.3) is 0 Å². The molecule has 0 aromatic carbocycles. The highest BCUT2D eigenvalue weighted by atomic mass is 35.5. The Kier molecular flexibility index (Phi) is 6.57. The standard InChI is InChI=1S/C14H27N3O.ClH/c1-11-5-4-6-12(2)17(11)14(18)10-16(3)13-7-8-15-9-13;/h11-13,15H,4-10H2,1-3H3;1H. The van der Waals surface area contributed by atoms with Gasteiger partial charge in [-0.2, -0.15) is 0 Å². The van der Waals surface area contributed by atoms with E-state index in [4.69, 9.17) is 0 Å². The molecule has 2 aliphatic rings. The fourth-order valence-electron chi connectivity index (χ4n) is 3.35. The van der Waals surface area contributed by atoms with Crippen molar-refractivity contribution in [1.82, 2.24) is 15.1 Å². The van der Waals surface area contributed by atoms with Crippen molar-refractivity contribution in [2.45, 2.75) is 57.7 Å². The molecule has 2 aliphatic heterocycles. The van der Waals surface area contributed by atoms with Crippen molar-refractivity contribution in [3.05, 3.63) is 0 Å². The van der Waals surface area contributed by atoms with Gasteiger partial charge in [0.1, 0.15) is 0 Å². The Bertz CT molecular complexity index is 284. The van der Waals surface area contributed by atoms with Crippen LogP contribution in [-0.4, -0.2) is 60.5 Å². The zero-order chi connectivity index (χ0) is 13.1. The lowest BCUT2D eigenvalue weighted by atomic mass is 9.97. The van der Waals surface area contributed by atoms with Crippen LogP contribution in [0.1, 0.15) is 39.5 Å². The number of rotatable bonds is 3. The highest BCUT2D eigenvalue weighted by Gasteiger charge is 2.30. The molecule has 0 aromatic heterocycles. The minimum atomic E-state index is 0. The number of likely N-dealkylation sites (tertiary alicyclic amines) is 1. The molecule has 112 valence electrons. The van der Waals surface area contributed by atoms with Gasteiger partial charge in [-0.3, -0.25) is 9.69 Å². The number of amides is 1. The quantitative estimate of drug-likeness (QED) is 0.855. The van der Waals surface area contributed by atoms with Crippen molar-refractivity contribution in [2.24, 2.45) is 0 Å². The second-order valence-corrected chi connectivity index (χ2v) is 5.99. The van der Waals surface area contributed by atoms with Crippen LogP contribution in [0.5, 0.6) is 0 Å². The summed E-state index contributed by atoms with van der Waals surface area (Å²) in [5, 5.41) is 3.36. The zero-order valence-electron chi connectivity index (χ0n) is 12.4. The van der Waals surface area contributed by atoms with Crippen molar-refractivity contribution in [1.29, 1.82) is 0 Å². The topological polar surface area (TPSA) is 35.6 Å². The first-order valence-corrected chi connectivity index (χ1v) is 7.31. The van der Waals surface area contributed by atoms with Crippen LogP contribution in [0, 0.1) is 0 Å². The minimum absolute atomic E-state index is 0. The largest absolute Gasteiger partial charge is 0.336 e. The van der Waals surface area contributed by atoms with E-state index >= 15 is 0 Å². The maximum atomic E-state index is 12.4. The molecule has 0 aromatic rings. The van der Waals surface area contributed by atoms with Crippen molar-refractivity contribution in [2.75, 3.05) is 26.7 Å². The third-order valence-electron chi connectivity index (χ3n) is 4.52. The molecule has 1 amide bonds. The lowest BCUT2D eigenvalue weighted by Crippen LogP contribution is -2.51. The molecule has 0 spiro atoms. The Balaban J connectivity index is 0.00000180. The number of likely N-dealkylation sites (N-methyl/N-ethyl adjacent to an activating group) is 1. The molecule has 2 rings (SSSR count). The van der Waals surface area contributed by atoms with E-state index in [9.17, 15) is 4.79 Å².